The average molecular weight is 454 g/mol. The molecular weight excluding hydrogens is 426 g/mol. The summed E-state index contributed by atoms with van der Waals surface area (Å²) in [6, 6.07) is 13.2. The average Bonchev–Trinajstić information content (AvgIpc) is 3.35. The second-order valence-corrected chi connectivity index (χ2v) is 8.32. The Morgan fingerprint density at radius 3 is 2.56 bits per heavy atom. The van der Waals surface area contributed by atoms with Gasteiger partial charge in [0.1, 0.15) is 5.69 Å². The molecule has 0 radical (unpaired) electrons. The molecule has 0 saturated carbocycles. The number of hydrogen-bond donors (Lipinski definition) is 1. The number of carbonyl (C=O) groups is 1. The van der Waals surface area contributed by atoms with E-state index in [4.69, 9.17) is 21.1 Å². The second-order valence-electron chi connectivity index (χ2n) is 7.88. The molecule has 1 atom stereocenters. The number of nitrogens with one attached hydrogen (secondary N) is 1. The number of halogens is 1. The second kappa shape index (κ2) is 9.65. The van der Waals surface area contributed by atoms with Crippen molar-refractivity contribution in [1.82, 2.24) is 15.1 Å². The molecule has 0 spiro atoms. The first-order chi connectivity index (χ1) is 15.6. The molecule has 1 aliphatic rings. The maximum atomic E-state index is 13.3. The molecular formula is C25H28ClN3O3. The first-order valence-corrected chi connectivity index (χ1v) is 11.4. The summed E-state index contributed by atoms with van der Waals surface area (Å²) in [5.41, 5.74) is 4.07. The van der Waals surface area contributed by atoms with Gasteiger partial charge in [0.15, 0.2) is 11.5 Å². The Morgan fingerprint density at radius 2 is 1.88 bits per heavy atom. The highest BCUT2D eigenvalue weighted by Gasteiger charge is 2.42. The van der Waals surface area contributed by atoms with Crippen LogP contribution in [-0.4, -0.2) is 41.3 Å². The van der Waals surface area contributed by atoms with Gasteiger partial charge in [-0.15, -0.1) is 0 Å². The molecule has 0 bridgehead atoms. The fourth-order valence-electron chi connectivity index (χ4n) is 4.12. The maximum absolute atomic E-state index is 13.3. The van der Waals surface area contributed by atoms with Gasteiger partial charge in [-0.1, -0.05) is 50.1 Å². The van der Waals surface area contributed by atoms with Gasteiger partial charge in [0, 0.05) is 22.7 Å². The third kappa shape index (κ3) is 4.07. The molecule has 3 aromatic rings. The van der Waals surface area contributed by atoms with E-state index < -0.39 is 0 Å². The Morgan fingerprint density at radius 1 is 1.09 bits per heavy atom. The molecule has 1 aromatic heterocycles. The number of unbranched alkanes of at least 4 members (excludes halogenated alkanes) is 1. The third-order valence-electron chi connectivity index (χ3n) is 5.70. The lowest BCUT2D eigenvalue weighted by molar-refractivity contribution is 0.0741. The van der Waals surface area contributed by atoms with Crippen LogP contribution in [0, 0.1) is 0 Å². The highest BCUT2D eigenvalue weighted by Crippen LogP contribution is 2.44. The van der Waals surface area contributed by atoms with Gasteiger partial charge in [0.05, 0.1) is 25.5 Å². The van der Waals surface area contributed by atoms with Crippen molar-refractivity contribution in [1.29, 1.82) is 0 Å². The zero-order valence-electron chi connectivity index (χ0n) is 18.7. The number of aromatic amines is 1. The number of H-pyrrole nitrogens is 1. The summed E-state index contributed by atoms with van der Waals surface area (Å²) in [6.07, 6.45) is 2.83. The smallest absolute Gasteiger partial charge is 0.273 e. The van der Waals surface area contributed by atoms with Gasteiger partial charge in [-0.25, -0.2) is 0 Å². The first kappa shape index (κ1) is 22.2. The van der Waals surface area contributed by atoms with Crippen molar-refractivity contribution in [3.63, 3.8) is 0 Å². The van der Waals surface area contributed by atoms with Crippen LogP contribution in [0.2, 0.25) is 5.02 Å². The molecule has 32 heavy (non-hydrogen) atoms. The van der Waals surface area contributed by atoms with E-state index in [0.717, 1.165) is 41.6 Å². The van der Waals surface area contributed by atoms with Crippen molar-refractivity contribution in [3.05, 3.63) is 64.3 Å². The molecule has 7 heteroatoms. The zero-order chi connectivity index (χ0) is 22.7. The van der Waals surface area contributed by atoms with Crippen LogP contribution in [0.25, 0.3) is 11.3 Å². The lowest BCUT2D eigenvalue weighted by atomic mass is 9.95. The molecule has 2 heterocycles. The number of aromatic nitrogens is 2. The van der Waals surface area contributed by atoms with Crippen LogP contribution < -0.4 is 9.47 Å². The Kier molecular flexibility index (Phi) is 6.70. The number of nitrogens with zero attached hydrogens (tertiary/aromatic N) is 2. The Labute approximate surface area is 193 Å². The molecule has 1 amide bonds. The highest BCUT2D eigenvalue weighted by atomic mass is 35.5. The molecule has 2 aromatic carbocycles. The molecule has 0 saturated heterocycles. The summed E-state index contributed by atoms with van der Waals surface area (Å²) in [5, 5.41) is 8.16. The molecule has 0 aliphatic carbocycles. The standard InChI is InChI=1S/C25H28ClN3O3/c1-4-6-13-29-24(17-9-12-19(32-14-5-2)20(15-17)31-3)21-22(27-28-23(21)25(29)30)16-7-10-18(26)11-8-16/h7-12,15,24H,4-6,13-14H2,1-3H3,(H,27,28). The quantitative estimate of drug-likeness (QED) is 0.439. The number of hydrogen-bond acceptors (Lipinski definition) is 4. The molecule has 1 aliphatic heterocycles. The van der Waals surface area contributed by atoms with Gasteiger partial charge in [-0.3, -0.25) is 9.89 Å². The number of benzene rings is 2. The predicted octanol–water partition coefficient (Wildman–Crippen LogP) is 5.87. The van der Waals surface area contributed by atoms with Gasteiger partial charge in [-0.05, 0) is 42.7 Å². The van der Waals surface area contributed by atoms with Crippen molar-refractivity contribution in [2.45, 2.75) is 39.2 Å². The first-order valence-electron chi connectivity index (χ1n) is 11.0. The molecule has 1 unspecified atom stereocenters. The summed E-state index contributed by atoms with van der Waals surface area (Å²) in [5.74, 6) is 1.33. The number of methoxy groups -OCH3 is 1. The molecule has 1 N–H and O–H groups in total. The molecule has 4 rings (SSSR count). The zero-order valence-corrected chi connectivity index (χ0v) is 19.4. The fourth-order valence-corrected chi connectivity index (χ4v) is 4.24. The van der Waals surface area contributed by atoms with Crippen molar-refractivity contribution in [3.8, 4) is 22.8 Å². The van der Waals surface area contributed by atoms with Gasteiger partial charge in [-0.2, -0.15) is 5.10 Å². The van der Waals surface area contributed by atoms with Crippen LogP contribution in [0.5, 0.6) is 11.5 Å². The SMILES string of the molecule is CCCCN1C(=O)c2[nH]nc(-c3ccc(Cl)cc3)c2C1c1ccc(OCCC)c(OC)c1. The van der Waals surface area contributed by atoms with Crippen LogP contribution in [0.4, 0.5) is 0 Å². The topological polar surface area (TPSA) is 67.5 Å². The Bertz CT molecular complexity index is 1090. The van der Waals surface area contributed by atoms with E-state index in [1.807, 2.05) is 47.4 Å². The lowest BCUT2D eigenvalue weighted by Crippen LogP contribution is -2.30. The normalized spacial score (nSPS) is 15.2. The minimum absolute atomic E-state index is 0.0311. The summed E-state index contributed by atoms with van der Waals surface area (Å²) >= 11 is 6.09. The van der Waals surface area contributed by atoms with E-state index in [0.29, 0.717) is 35.4 Å². The predicted molar refractivity (Wildman–Crippen MR) is 126 cm³/mol. The summed E-state index contributed by atoms with van der Waals surface area (Å²) in [4.78, 5) is 15.2. The number of rotatable bonds is 9. The van der Waals surface area contributed by atoms with Crippen LogP contribution in [0.1, 0.15) is 60.8 Å². The lowest BCUT2D eigenvalue weighted by Gasteiger charge is -2.27. The van der Waals surface area contributed by atoms with Gasteiger partial charge in [0.2, 0.25) is 0 Å². The van der Waals surface area contributed by atoms with Crippen LogP contribution in [0.15, 0.2) is 42.5 Å². The van der Waals surface area contributed by atoms with Crippen molar-refractivity contribution in [2.75, 3.05) is 20.3 Å². The van der Waals surface area contributed by atoms with E-state index in [-0.39, 0.29) is 11.9 Å². The largest absolute Gasteiger partial charge is 0.493 e. The number of ether oxygens (including phenoxy) is 2. The van der Waals surface area contributed by atoms with Crippen molar-refractivity contribution >= 4 is 17.5 Å². The van der Waals surface area contributed by atoms with E-state index in [2.05, 4.69) is 24.0 Å². The van der Waals surface area contributed by atoms with Gasteiger partial charge >= 0.3 is 0 Å². The number of carbonyl (C=O) groups excluding carboxylic acids is 1. The monoisotopic (exact) mass is 453 g/mol. The van der Waals surface area contributed by atoms with E-state index >= 15 is 0 Å². The van der Waals surface area contributed by atoms with Gasteiger partial charge in [0.25, 0.3) is 5.91 Å². The van der Waals surface area contributed by atoms with Crippen LogP contribution >= 0.6 is 11.6 Å². The maximum Gasteiger partial charge on any atom is 0.273 e. The molecule has 6 nitrogen and oxygen atoms in total. The van der Waals surface area contributed by atoms with Gasteiger partial charge < -0.3 is 14.4 Å². The Balaban J connectivity index is 1.81. The highest BCUT2D eigenvalue weighted by molar-refractivity contribution is 6.30. The van der Waals surface area contributed by atoms with Crippen LogP contribution in [-0.2, 0) is 0 Å². The number of amides is 1. The van der Waals surface area contributed by atoms with E-state index in [1.165, 1.54) is 0 Å². The van der Waals surface area contributed by atoms with Crippen molar-refractivity contribution < 1.29 is 14.3 Å². The summed E-state index contributed by atoms with van der Waals surface area (Å²) < 4.78 is 11.4. The molecule has 0 fully saturated rings. The minimum Gasteiger partial charge on any atom is -0.493 e. The third-order valence-corrected chi connectivity index (χ3v) is 5.95. The van der Waals surface area contributed by atoms with Crippen molar-refractivity contribution in [2.24, 2.45) is 0 Å². The molecule has 168 valence electrons. The van der Waals surface area contributed by atoms with E-state index in [9.17, 15) is 4.79 Å². The minimum atomic E-state index is -0.261. The summed E-state index contributed by atoms with van der Waals surface area (Å²) in [7, 11) is 1.63. The summed E-state index contributed by atoms with van der Waals surface area (Å²) in [6.45, 7) is 5.47. The van der Waals surface area contributed by atoms with Crippen LogP contribution in [0.3, 0.4) is 0 Å². The Hall–Kier alpha value is -2.99. The fraction of sp³-hybridized carbons (Fsp3) is 0.360. The number of fused-ring (bicyclic) bond motifs is 1. The van der Waals surface area contributed by atoms with E-state index in [1.54, 1.807) is 7.11 Å².